The first kappa shape index (κ1) is 17.7. The van der Waals surface area contributed by atoms with E-state index in [1.165, 1.54) is 43.6 Å². The van der Waals surface area contributed by atoms with Gasteiger partial charge in [-0.25, -0.2) is 4.98 Å². The lowest BCUT2D eigenvalue weighted by Crippen LogP contribution is -2.31. The zero-order valence-corrected chi connectivity index (χ0v) is 15.8. The number of nitrogens with zero attached hydrogens (tertiary/aromatic N) is 2. The summed E-state index contributed by atoms with van der Waals surface area (Å²) in [5.74, 6) is 0.799. The van der Waals surface area contributed by atoms with Gasteiger partial charge in [-0.1, -0.05) is 18.2 Å². The highest BCUT2D eigenvalue weighted by Gasteiger charge is 2.12. The molecule has 1 fully saturated rings. The summed E-state index contributed by atoms with van der Waals surface area (Å²) in [6.07, 6.45) is 5.72. The highest BCUT2D eigenvalue weighted by Crippen LogP contribution is 2.22. The zero-order chi connectivity index (χ0) is 17.6. The fourth-order valence-corrected chi connectivity index (χ4v) is 3.44. The molecule has 2 heterocycles. The van der Waals surface area contributed by atoms with E-state index >= 15 is 0 Å². The molecule has 0 spiro atoms. The number of hydrogen-bond acceptors (Lipinski definition) is 3. The van der Waals surface area contributed by atoms with Gasteiger partial charge in [-0.2, -0.15) is 0 Å². The van der Waals surface area contributed by atoms with Crippen molar-refractivity contribution in [3.8, 4) is 0 Å². The first-order chi connectivity index (χ1) is 12.1. The van der Waals surface area contributed by atoms with E-state index in [1.807, 2.05) is 19.1 Å². The molecule has 5 heteroatoms. The molecule has 0 bridgehead atoms. The summed E-state index contributed by atoms with van der Waals surface area (Å²) in [6.45, 7) is 6.48. The van der Waals surface area contributed by atoms with Crippen LogP contribution < -0.4 is 15.5 Å². The van der Waals surface area contributed by atoms with E-state index in [0.29, 0.717) is 5.11 Å². The summed E-state index contributed by atoms with van der Waals surface area (Å²) < 4.78 is 0. The Kier molecular flexibility index (Phi) is 5.87. The van der Waals surface area contributed by atoms with Crippen LogP contribution in [0, 0.1) is 6.92 Å². The average Bonchev–Trinajstić information content (AvgIpc) is 2.64. The van der Waals surface area contributed by atoms with Gasteiger partial charge >= 0.3 is 0 Å². The SMILES string of the molecule is Cc1cccnc1NC(=S)N[C@H](C)c1ccc(N2CCCCC2)cc1. The van der Waals surface area contributed by atoms with Crippen LogP contribution in [-0.2, 0) is 0 Å². The van der Waals surface area contributed by atoms with Crippen LogP contribution in [0.25, 0.3) is 0 Å². The van der Waals surface area contributed by atoms with Gasteiger partial charge < -0.3 is 15.5 Å². The molecule has 0 aliphatic carbocycles. The number of piperidine rings is 1. The van der Waals surface area contributed by atoms with Crippen LogP contribution in [0.2, 0.25) is 0 Å². The molecule has 4 nitrogen and oxygen atoms in total. The number of aromatic nitrogens is 1. The fraction of sp³-hybridized carbons (Fsp3) is 0.400. The second-order valence-corrected chi connectivity index (χ2v) is 7.04. The highest BCUT2D eigenvalue weighted by atomic mass is 32.1. The third-order valence-electron chi connectivity index (χ3n) is 4.70. The van der Waals surface area contributed by atoms with Gasteiger partial charge in [-0.3, -0.25) is 0 Å². The predicted octanol–water partition coefficient (Wildman–Crippen LogP) is 4.43. The Bertz CT molecular complexity index is 708. The van der Waals surface area contributed by atoms with E-state index in [-0.39, 0.29) is 6.04 Å². The Hall–Kier alpha value is -2.14. The minimum Gasteiger partial charge on any atom is -0.372 e. The maximum atomic E-state index is 5.43. The Labute approximate surface area is 155 Å². The number of aryl methyl sites for hydroxylation is 1. The average molecular weight is 355 g/mol. The van der Waals surface area contributed by atoms with Crippen LogP contribution in [-0.4, -0.2) is 23.2 Å². The minimum atomic E-state index is 0.138. The molecular formula is C20H26N4S. The number of benzene rings is 1. The van der Waals surface area contributed by atoms with Gasteiger partial charge in [0.1, 0.15) is 5.82 Å². The van der Waals surface area contributed by atoms with Gasteiger partial charge in [-0.15, -0.1) is 0 Å². The lowest BCUT2D eigenvalue weighted by molar-refractivity contribution is 0.577. The maximum Gasteiger partial charge on any atom is 0.172 e. The molecule has 2 N–H and O–H groups in total. The third-order valence-corrected chi connectivity index (χ3v) is 4.92. The first-order valence-electron chi connectivity index (χ1n) is 8.97. The van der Waals surface area contributed by atoms with Gasteiger partial charge in [-0.05, 0) is 74.7 Å². The lowest BCUT2D eigenvalue weighted by Gasteiger charge is -2.29. The van der Waals surface area contributed by atoms with Crippen LogP contribution in [0.5, 0.6) is 0 Å². The molecule has 1 atom stereocenters. The topological polar surface area (TPSA) is 40.2 Å². The Morgan fingerprint density at radius 3 is 2.52 bits per heavy atom. The van der Waals surface area contributed by atoms with Gasteiger partial charge in [0.15, 0.2) is 5.11 Å². The van der Waals surface area contributed by atoms with Gasteiger partial charge in [0.25, 0.3) is 0 Å². The van der Waals surface area contributed by atoms with Crippen molar-refractivity contribution in [1.82, 2.24) is 10.3 Å². The standard InChI is InChI=1S/C20H26N4S/c1-15-7-6-12-21-19(15)23-20(25)22-16(2)17-8-10-18(11-9-17)24-13-4-3-5-14-24/h6-12,16H,3-5,13-14H2,1-2H3,(H2,21,22,23,25)/t16-/m1/s1. The molecule has 1 aromatic heterocycles. The zero-order valence-electron chi connectivity index (χ0n) is 15.0. The third kappa shape index (κ3) is 4.69. The summed E-state index contributed by atoms with van der Waals surface area (Å²) in [4.78, 5) is 6.79. The predicted molar refractivity (Wildman–Crippen MR) is 109 cm³/mol. The first-order valence-corrected chi connectivity index (χ1v) is 9.38. The van der Waals surface area contributed by atoms with E-state index in [2.05, 4.69) is 51.7 Å². The minimum absolute atomic E-state index is 0.138. The van der Waals surface area contributed by atoms with E-state index in [1.54, 1.807) is 6.20 Å². The van der Waals surface area contributed by atoms with Crippen LogP contribution in [0.3, 0.4) is 0 Å². The van der Waals surface area contributed by atoms with Crippen molar-refractivity contribution in [3.05, 3.63) is 53.7 Å². The number of nitrogens with one attached hydrogen (secondary N) is 2. The molecule has 1 aromatic carbocycles. The summed E-state index contributed by atoms with van der Waals surface area (Å²) in [5, 5.41) is 7.10. The normalized spacial score (nSPS) is 15.5. The van der Waals surface area contributed by atoms with Gasteiger partial charge in [0.05, 0.1) is 6.04 Å². The highest BCUT2D eigenvalue weighted by molar-refractivity contribution is 7.80. The molecule has 1 aliphatic rings. The van der Waals surface area contributed by atoms with Gasteiger partial charge in [0, 0.05) is 25.0 Å². The van der Waals surface area contributed by atoms with Crippen molar-refractivity contribution >= 4 is 28.8 Å². The number of hydrogen-bond donors (Lipinski definition) is 2. The van der Waals surface area contributed by atoms with Crippen LogP contribution in [0.4, 0.5) is 11.5 Å². The maximum absolute atomic E-state index is 5.43. The van der Waals surface area contributed by atoms with Crippen molar-refractivity contribution in [2.24, 2.45) is 0 Å². The molecule has 0 radical (unpaired) electrons. The van der Waals surface area contributed by atoms with E-state index in [0.717, 1.165) is 11.4 Å². The van der Waals surface area contributed by atoms with Crippen LogP contribution in [0.15, 0.2) is 42.6 Å². The summed E-state index contributed by atoms with van der Waals surface area (Å²) in [7, 11) is 0. The molecule has 1 aliphatic heterocycles. The molecular weight excluding hydrogens is 328 g/mol. The van der Waals surface area contributed by atoms with Crippen molar-refractivity contribution in [2.75, 3.05) is 23.3 Å². The molecule has 0 unspecified atom stereocenters. The quantitative estimate of drug-likeness (QED) is 0.795. The lowest BCUT2D eigenvalue weighted by atomic mass is 10.1. The number of thiocarbonyl (C=S) groups is 1. The van der Waals surface area contributed by atoms with E-state index in [4.69, 9.17) is 12.2 Å². The second-order valence-electron chi connectivity index (χ2n) is 6.63. The van der Waals surface area contributed by atoms with Crippen LogP contribution >= 0.6 is 12.2 Å². The van der Waals surface area contributed by atoms with Crippen molar-refractivity contribution < 1.29 is 0 Å². The molecule has 0 amide bonds. The van der Waals surface area contributed by atoms with Crippen molar-refractivity contribution in [2.45, 2.75) is 39.2 Å². The Morgan fingerprint density at radius 1 is 1.12 bits per heavy atom. The molecule has 3 rings (SSSR count). The number of pyridine rings is 1. The molecule has 25 heavy (non-hydrogen) atoms. The Morgan fingerprint density at radius 2 is 1.84 bits per heavy atom. The molecule has 0 saturated carbocycles. The van der Waals surface area contributed by atoms with Gasteiger partial charge in [0.2, 0.25) is 0 Å². The number of rotatable bonds is 4. The molecule has 2 aromatic rings. The molecule has 1 saturated heterocycles. The Balaban J connectivity index is 1.58. The smallest absolute Gasteiger partial charge is 0.172 e. The number of anilines is 2. The fourth-order valence-electron chi connectivity index (χ4n) is 3.17. The monoisotopic (exact) mass is 354 g/mol. The van der Waals surface area contributed by atoms with E-state index < -0.39 is 0 Å². The van der Waals surface area contributed by atoms with Crippen molar-refractivity contribution in [1.29, 1.82) is 0 Å². The summed E-state index contributed by atoms with van der Waals surface area (Å²) in [6, 6.07) is 12.9. The van der Waals surface area contributed by atoms with Crippen molar-refractivity contribution in [3.63, 3.8) is 0 Å². The summed E-state index contributed by atoms with van der Waals surface area (Å²) >= 11 is 5.43. The van der Waals surface area contributed by atoms with E-state index in [9.17, 15) is 0 Å². The largest absolute Gasteiger partial charge is 0.372 e. The summed E-state index contributed by atoms with van der Waals surface area (Å²) in [5.41, 5.74) is 3.62. The second kappa shape index (κ2) is 8.30. The molecule has 132 valence electrons. The van der Waals surface area contributed by atoms with Crippen LogP contribution in [0.1, 0.15) is 43.4 Å².